The molecule has 5 N–H and O–H groups in total. The SMILES string of the molecule is N#Cc1cnn2c(-c3cc(NC45CCC(NC(=O)O)(CC4)CC5)c(C(=O)NC4CCC(NC(=O)C5CC5)CC4)cn3)ccc2c1. The fraction of sp³-hybridized carbons (Fsp3) is 0.515. The second kappa shape index (κ2) is 11.4. The van der Waals surface area contributed by atoms with Crippen molar-refractivity contribution in [2.75, 3.05) is 5.32 Å². The Morgan fingerprint density at radius 3 is 2.20 bits per heavy atom. The number of hydrogen-bond donors (Lipinski definition) is 5. The van der Waals surface area contributed by atoms with Crippen LogP contribution in [0, 0.1) is 17.2 Å². The van der Waals surface area contributed by atoms with E-state index in [0.29, 0.717) is 22.5 Å². The summed E-state index contributed by atoms with van der Waals surface area (Å²) in [7, 11) is 0. The summed E-state index contributed by atoms with van der Waals surface area (Å²) in [6, 6.07) is 9.76. The first-order chi connectivity index (χ1) is 21.7. The molecule has 3 aromatic rings. The van der Waals surface area contributed by atoms with E-state index >= 15 is 0 Å². The summed E-state index contributed by atoms with van der Waals surface area (Å²) in [6.45, 7) is 0. The minimum Gasteiger partial charge on any atom is -0.465 e. The summed E-state index contributed by atoms with van der Waals surface area (Å²) in [5, 5.41) is 36.1. The molecule has 0 aliphatic heterocycles. The van der Waals surface area contributed by atoms with E-state index in [4.69, 9.17) is 4.98 Å². The molecule has 8 rings (SSSR count). The number of carbonyl (C=O) groups is 3. The number of anilines is 1. The van der Waals surface area contributed by atoms with Crippen LogP contribution in [-0.4, -0.2) is 60.8 Å². The second-order valence-corrected chi connectivity index (χ2v) is 13.4. The van der Waals surface area contributed by atoms with Crippen LogP contribution in [0.5, 0.6) is 0 Å². The van der Waals surface area contributed by atoms with E-state index in [1.165, 1.54) is 6.20 Å². The number of fused-ring (bicyclic) bond motifs is 4. The van der Waals surface area contributed by atoms with Crippen molar-refractivity contribution in [3.05, 3.63) is 47.8 Å². The molecule has 5 saturated carbocycles. The Kier molecular flexibility index (Phi) is 7.34. The van der Waals surface area contributed by atoms with Crippen molar-refractivity contribution >= 4 is 29.1 Å². The fourth-order valence-corrected chi connectivity index (χ4v) is 7.52. The van der Waals surface area contributed by atoms with Crippen LogP contribution < -0.4 is 21.3 Å². The van der Waals surface area contributed by atoms with Crippen LogP contribution in [0.25, 0.3) is 16.9 Å². The normalized spacial score (nSPS) is 27.4. The topological polar surface area (TPSA) is 174 Å². The molecule has 3 amide bonds. The van der Waals surface area contributed by atoms with Gasteiger partial charge in [0.1, 0.15) is 6.07 Å². The lowest BCUT2D eigenvalue weighted by molar-refractivity contribution is -0.123. The zero-order valence-corrected chi connectivity index (χ0v) is 25.1. The first-order valence-corrected chi connectivity index (χ1v) is 16.0. The first kappa shape index (κ1) is 29.1. The molecule has 2 bridgehead atoms. The summed E-state index contributed by atoms with van der Waals surface area (Å²) in [4.78, 5) is 42.2. The largest absolute Gasteiger partial charge is 0.465 e. The van der Waals surface area contributed by atoms with Gasteiger partial charge >= 0.3 is 6.09 Å². The minimum atomic E-state index is -0.982. The quantitative estimate of drug-likeness (QED) is 0.250. The molecule has 12 nitrogen and oxygen atoms in total. The van der Waals surface area contributed by atoms with E-state index in [9.17, 15) is 24.8 Å². The van der Waals surface area contributed by atoms with Crippen molar-refractivity contribution in [2.45, 2.75) is 100 Å². The Balaban J connectivity index is 1.12. The molecular formula is C33H38N8O4. The van der Waals surface area contributed by atoms with Gasteiger partial charge in [0.15, 0.2) is 0 Å². The van der Waals surface area contributed by atoms with Crippen LogP contribution in [0.1, 0.15) is 93.0 Å². The highest BCUT2D eigenvalue weighted by atomic mass is 16.4. The second-order valence-electron chi connectivity index (χ2n) is 13.4. The van der Waals surface area contributed by atoms with Crippen molar-refractivity contribution in [3.63, 3.8) is 0 Å². The monoisotopic (exact) mass is 610 g/mol. The lowest BCUT2D eigenvalue weighted by Gasteiger charge is -2.54. The Hall–Kier alpha value is -4.66. The predicted molar refractivity (Wildman–Crippen MR) is 165 cm³/mol. The maximum atomic E-state index is 13.8. The third-order valence-electron chi connectivity index (χ3n) is 10.4. The zero-order chi connectivity index (χ0) is 31.2. The molecule has 3 aromatic heterocycles. The number of hydrogen-bond acceptors (Lipinski definition) is 7. The maximum Gasteiger partial charge on any atom is 0.405 e. The number of carbonyl (C=O) groups excluding carboxylic acids is 2. The van der Waals surface area contributed by atoms with Gasteiger partial charge in [-0.05, 0) is 101 Å². The molecule has 234 valence electrons. The highest BCUT2D eigenvalue weighted by molar-refractivity contribution is 6.00. The molecule has 5 fully saturated rings. The van der Waals surface area contributed by atoms with Gasteiger partial charge in [-0.3, -0.25) is 14.6 Å². The molecule has 0 atom stereocenters. The van der Waals surface area contributed by atoms with Gasteiger partial charge in [0.2, 0.25) is 5.91 Å². The lowest BCUT2D eigenvalue weighted by atomic mass is 9.61. The summed E-state index contributed by atoms with van der Waals surface area (Å²) >= 11 is 0. The Bertz CT molecular complexity index is 1670. The van der Waals surface area contributed by atoms with Crippen LogP contribution in [0.2, 0.25) is 0 Å². The Morgan fingerprint density at radius 1 is 0.889 bits per heavy atom. The highest BCUT2D eigenvalue weighted by Gasteiger charge is 2.49. The van der Waals surface area contributed by atoms with E-state index in [0.717, 1.165) is 88.3 Å². The van der Waals surface area contributed by atoms with E-state index < -0.39 is 6.09 Å². The third-order valence-corrected chi connectivity index (χ3v) is 10.4. The highest BCUT2D eigenvalue weighted by Crippen LogP contribution is 2.49. The average Bonchev–Trinajstić information content (AvgIpc) is 3.81. The van der Waals surface area contributed by atoms with Gasteiger partial charge < -0.3 is 26.4 Å². The summed E-state index contributed by atoms with van der Waals surface area (Å²) in [5.41, 5.74) is 3.13. The molecule has 0 aromatic carbocycles. The minimum absolute atomic E-state index is 0.0115. The molecule has 5 aliphatic carbocycles. The average molecular weight is 611 g/mol. The number of rotatable bonds is 8. The Morgan fingerprint density at radius 2 is 1.56 bits per heavy atom. The number of carboxylic acid groups (broad SMARTS) is 1. The van der Waals surface area contributed by atoms with Gasteiger partial charge in [-0.25, -0.2) is 9.31 Å². The number of amides is 3. The van der Waals surface area contributed by atoms with Crippen LogP contribution in [0.3, 0.4) is 0 Å². The number of pyridine rings is 1. The van der Waals surface area contributed by atoms with E-state index in [-0.39, 0.29) is 40.9 Å². The predicted octanol–water partition coefficient (Wildman–Crippen LogP) is 4.36. The molecule has 3 heterocycles. The summed E-state index contributed by atoms with van der Waals surface area (Å²) in [5.74, 6) is 0.169. The smallest absolute Gasteiger partial charge is 0.405 e. The molecular weight excluding hydrogens is 572 g/mol. The lowest BCUT2D eigenvalue weighted by Crippen LogP contribution is -2.60. The number of nitrogens with zero attached hydrogens (tertiary/aromatic N) is 4. The summed E-state index contributed by atoms with van der Waals surface area (Å²) in [6.07, 6.45) is 12.0. The standard InChI is InChI=1S/C33H38N8O4/c34-17-20-15-24-7-8-28(41(24)36-18-20)27-16-26(39-32-9-12-33(13-10-32,14-11-32)40-31(44)45)25(19-35-27)30(43)38-23-5-3-22(4-6-23)37-29(42)21-1-2-21/h7-8,15-16,18-19,21-23,40H,1-6,9-14H2,(H,35,39)(H,37,42)(H,38,43)(H,44,45). The van der Waals surface area contributed by atoms with E-state index in [2.05, 4.69) is 32.4 Å². The third kappa shape index (κ3) is 5.91. The summed E-state index contributed by atoms with van der Waals surface area (Å²) < 4.78 is 1.73. The first-order valence-electron chi connectivity index (χ1n) is 16.0. The molecule has 0 saturated heterocycles. The van der Waals surface area contributed by atoms with Crippen molar-refractivity contribution in [3.8, 4) is 17.5 Å². The fourth-order valence-electron chi connectivity index (χ4n) is 7.52. The zero-order valence-electron chi connectivity index (χ0n) is 25.1. The molecule has 5 aliphatic rings. The van der Waals surface area contributed by atoms with Crippen LogP contribution in [0.15, 0.2) is 36.7 Å². The van der Waals surface area contributed by atoms with Gasteiger partial charge in [0.25, 0.3) is 5.91 Å². The van der Waals surface area contributed by atoms with Crippen LogP contribution in [0.4, 0.5) is 10.5 Å². The van der Waals surface area contributed by atoms with Crippen molar-refractivity contribution in [1.29, 1.82) is 5.26 Å². The molecule has 45 heavy (non-hydrogen) atoms. The maximum absolute atomic E-state index is 13.8. The van der Waals surface area contributed by atoms with Crippen molar-refractivity contribution in [2.24, 2.45) is 5.92 Å². The molecule has 0 radical (unpaired) electrons. The van der Waals surface area contributed by atoms with Gasteiger partial charge in [-0.2, -0.15) is 10.4 Å². The number of nitrogens with one attached hydrogen (secondary N) is 4. The van der Waals surface area contributed by atoms with Gasteiger partial charge in [0.05, 0.1) is 39.9 Å². The van der Waals surface area contributed by atoms with E-state index in [1.807, 2.05) is 18.2 Å². The van der Waals surface area contributed by atoms with Crippen LogP contribution >= 0.6 is 0 Å². The number of aromatic nitrogens is 3. The van der Waals surface area contributed by atoms with Gasteiger partial charge in [0, 0.05) is 35.3 Å². The molecule has 0 spiro atoms. The van der Waals surface area contributed by atoms with Gasteiger partial charge in [-0.1, -0.05) is 0 Å². The van der Waals surface area contributed by atoms with Gasteiger partial charge in [-0.15, -0.1) is 0 Å². The Labute approximate surface area is 261 Å². The molecule has 12 heteroatoms. The van der Waals surface area contributed by atoms with Crippen molar-refractivity contribution in [1.82, 2.24) is 30.5 Å². The van der Waals surface area contributed by atoms with Crippen molar-refractivity contribution < 1.29 is 19.5 Å². The molecule has 0 unspecified atom stereocenters. The van der Waals surface area contributed by atoms with E-state index in [1.54, 1.807) is 16.8 Å². The van der Waals surface area contributed by atoms with Crippen LogP contribution in [-0.2, 0) is 4.79 Å². The number of nitriles is 1.